The van der Waals surface area contributed by atoms with Crippen molar-refractivity contribution in [3.8, 4) is 5.75 Å². The minimum atomic E-state index is -0.278. The molecule has 1 heterocycles. The molecule has 134 valence electrons. The highest BCUT2D eigenvalue weighted by molar-refractivity contribution is 9.10. The Labute approximate surface area is 168 Å². The van der Waals surface area contributed by atoms with E-state index in [1.54, 1.807) is 41.0 Å². The van der Waals surface area contributed by atoms with Crippen LogP contribution in [-0.4, -0.2) is 21.9 Å². The number of carbonyl (C=O) groups excluding carboxylic acids is 1. The zero-order valence-electron chi connectivity index (χ0n) is 13.8. The summed E-state index contributed by atoms with van der Waals surface area (Å²) in [6.07, 6.45) is 5.21. The molecule has 0 saturated carbocycles. The van der Waals surface area contributed by atoms with E-state index in [-0.39, 0.29) is 12.6 Å². The van der Waals surface area contributed by atoms with Gasteiger partial charge in [-0.1, -0.05) is 27.5 Å². The van der Waals surface area contributed by atoms with E-state index in [0.29, 0.717) is 16.3 Å². The van der Waals surface area contributed by atoms with Crippen LogP contribution in [0.15, 0.2) is 64.2 Å². The maximum absolute atomic E-state index is 12.4. The number of anilines is 1. The number of nitrogens with one attached hydrogen (secondary N) is 1. The quantitative estimate of drug-likeness (QED) is 0.515. The average molecular weight is 453 g/mol. The summed E-state index contributed by atoms with van der Waals surface area (Å²) in [6.45, 7) is 0.236. The summed E-state index contributed by atoms with van der Waals surface area (Å²) in [4.78, 5) is 13.4. The van der Waals surface area contributed by atoms with Crippen LogP contribution < -0.4 is 10.1 Å². The molecule has 0 bridgehead atoms. The first-order valence-electron chi connectivity index (χ1n) is 7.61. The van der Waals surface area contributed by atoms with Gasteiger partial charge in [-0.15, -0.1) is 11.8 Å². The first-order chi connectivity index (χ1) is 12.5. The molecule has 0 radical (unpaired) electrons. The molecule has 0 aliphatic heterocycles. The number of carbonyl (C=O) groups is 1. The van der Waals surface area contributed by atoms with Crippen LogP contribution in [0.2, 0.25) is 5.02 Å². The van der Waals surface area contributed by atoms with Gasteiger partial charge >= 0.3 is 0 Å². The van der Waals surface area contributed by atoms with Crippen LogP contribution in [0.25, 0.3) is 0 Å². The molecular weight excluding hydrogens is 438 g/mol. The Morgan fingerprint density at radius 3 is 2.81 bits per heavy atom. The molecule has 2 aromatic carbocycles. The summed E-state index contributed by atoms with van der Waals surface area (Å²) in [5, 5.41) is 7.39. The van der Waals surface area contributed by atoms with Crippen LogP contribution >= 0.6 is 39.3 Å². The fourth-order valence-corrected chi connectivity index (χ4v) is 3.08. The Hall–Kier alpha value is -1.96. The van der Waals surface area contributed by atoms with Gasteiger partial charge in [0.05, 0.1) is 28.7 Å². The van der Waals surface area contributed by atoms with Crippen molar-refractivity contribution in [3.63, 3.8) is 0 Å². The van der Waals surface area contributed by atoms with E-state index in [1.165, 1.54) is 0 Å². The average Bonchev–Trinajstić information content (AvgIpc) is 3.09. The Bertz CT molecular complexity index is 915. The number of rotatable bonds is 6. The number of nitrogens with zero attached hydrogens (tertiary/aromatic N) is 2. The molecule has 1 aromatic heterocycles. The Morgan fingerprint density at radius 2 is 2.08 bits per heavy atom. The first kappa shape index (κ1) is 18.8. The molecule has 1 N–H and O–H groups in total. The molecule has 0 fully saturated rings. The summed E-state index contributed by atoms with van der Waals surface area (Å²) in [5.41, 5.74) is 0.998. The van der Waals surface area contributed by atoms with Crippen LogP contribution in [0.5, 0.6) is 5.75 Å². The van der Waals surface area contributed by atoms with Crippen molar-refractivity contribution in [2.75, 3.05) is 11.6 Å². The lowest BCUT2D eigenvalue weighted by molar-refractivity contribution is 0.102. The lowest BCUT2D eigenvalue weighted by atomic mass is 10.2. The lowest BCUT2D eigenvalue weighted by Crippen LogP contribution is -2.12. The second-order valence-electron chi connectivity index (χ2n) is 5.30. The molecule has 0 atom stereocenters. The third-order valence-electron chi connectivity index (χ3n) is 3.49. The van der Waals surface area contributed by atoms with Crippen molar-refractivity contribution in [3.05, 3.63) is 69.9 Å². The minimum Gasteiger partial charge on any atom is -0.471 e. The smallest absolute Gasteiger partial charge is 0.257 e. The number of hydrogen-bond acceptors (Lipinski definition) is 4. The number of thioether (sulfide) groups is 1. The van der Waals surface area contributed by atoms with Crippen LogP contribution in [-0.2, 0) is 6.73 Å². The van der Waals surface area contributed by atoms with E-state index in [0.717, 1.165) is 15.1 Å². The normalized spacial score (nSPS) is 10.6. The van der Waals surface area contributed by atoms with E-state index in [9.17, 15) is 4.79 Å². The van der Waals surface area contributed by atoms with E-state index < -0.39 is 0 Å². The maximum atomic E-state index is 12.4. The molecule has 3 aromatic rings. The number of hydrogen-bond donors (Lipinski definition) is 1. The maximum Gasteiger partial charge on any atom is 0.257 e. The van der Waals surface area contributed by atoms with Crippen molar-refractivity contribution < 1.29 is 9.53 Å². The van der Waals surface area contributed by atoms with Gasteiger partial charge in [-0.3, -0.25) is 4.79 Å². The second kappa shape index (κ2) is 8.62. The summed E-state index contributed by atoms with van der Waals surface area (Å²) in [6, 6.07) is 12.9. The Balaban J connectivity index is 1.63. The van der Waals surface area contributed by atoms with Crippen LogP contribution in [0.4, 0.5) is 5.69 Å². The van der Waals surface area contributed by atoms with Gasteiger partial charge in [0.2, 0.25) is 0 Å². The standard InChI is InChI=1S/C18H15BrClN3O2S/c1-26-15-6-7-17(20)16(8-15)18(24)22-13-9-21-23(10-13)11-25-14-4-2-12(19)3-5-14/h2-10H,11H2,1H3,(H,22,24). The van der Waals surface area contributed by atoms with Gasteiger partial charge in [0.15, 0.2) is 6.73 Å². The molecule has 1 amide bonds. The van der Waals surface area contributed by atoms with Crippen LogP contribution in [0.1, 0.15) is 10.4 Å². The molecule has 26 heavy (non-hydrogen) atoms. The van der Waals surface area contributed by atoms with Gasteiger partial charge in [0.1, 0.15) is 5.75 Å². The lowest BCUT2D eigenvalue weighted by Gasteiger charge is -2.07. The highest BCUT2D eigenvalue weighted by Gasteiger charge is 2.12. The van der Waals surface area contributed by atoms with Crippen molar-refractivity contribution in [2.24, 2.45) is 0 Å². The zero-order chi connectivity index (χ0) is 18.5. The molecule has 5 nitrogen and oxygen atoms in total. The van der Waals surface area contributed by atoms with E-state index in [1.807, 2.05) is 36.6 Å². The third-order valence-corrected chi connectivity index (χ3v) is 5.07. The number of ether oxygens (including phenoxy) is 1. The van der Waals surface area contributed by atoms with E-state index in [4.69, 9.17) is 16.3 Å². The third kappa shape index (κ3) is 4.81. The predicted molar refractivity (Wildman–Crippen MR) is 108 cm³/mol. The van der Waals surface area contributed by atoms with Crippen molar-refractivity contribution in [2.45, 2.75) is 11.6 Å². The molecule has 0 unspecified atom stereocenters. The number of aromatic nitrogens is 2. The van der Waals surface area contributed by atoms with Crippen LogP contribution in [0, 0.1) is 0 Å². The largest absolute Gasteiger partial charge is 0.471 e. The monoisotopic (exact) mass is 451 g/mol. The topological polar surface area (TPSA) is 56.2 Å². The number of amides is 1. The van der Waals surface area contributed by atoms with E-state index >= 15 is 0 Å². The van der Waals surface area contributed by atoms with E-state index in [2.05, 4.69) is 26.3 Å². The van der Waals surface area contributed by atoms with Gasteiger partial charge in [-0.2, -0.15) is 5.10 Å². The Kier molecular flexibility index (Phi) is 6.24. The number of halogens is 2. The van der Waals surface area contributed by atoms with Crippen LogP contribution in [0.3, 0.4) is 0 Å². The van der Waals surface area contributed by atoms with Crippen molar-refractivity contribution in [1.29, 1.82) is 0 Å². The number of benzene rings is 2. The molecular formula is C18H15BrClN3O2S. The van der Waals surface area contributed by atoms with Gasteiger partial charge in [0.25, 0.3) is 5.91 Å². The van der Waals surface area contributed by atoms with Gasteiger partial charge in [0, 0.05) is 9.37 Å². The SMILES string of the molecule is CSc1ccc(Cl)c(C(=O)Nc2cnn(COc3ccc(Br)cc3)c2)c1. The molecule has 0 aliphatic carbocycles. The summed E-state index contributed by atoms with van der Waals surface area (Å²) in [7, 11) is 0. The zero-order valence-corrected chi connectivity index (χ0v) is 16.9. The van der Waals surface area contributed by atoms with Gasteiger partial charge < -0.3 is 10.1 Å². The molecule has 8 heteroatoms. The van der Waals surface area contributed by atoms with Gasteiger partial charge in [-0.25, -0.2) is 4.68 Å². The summed E-state index contributed by atoms with van der Waals surface area (Å²) < 4.78 is 8.22. The van der Waals surface area contributed by atoms with Crippen molar-refractivity contribution in [1.82, 2.24) is 9.78 Å². The highest BCUT2D eigenvalue weighted by atomic mass is 79.9. The highest BCUT2D eigenvalue weighted by Crippen LogP contribution is 2.24. The molecule has 3 rings (SSSR count). The van der Waals surface area contributed by atoms with Gasteiger partial charge in [-0.05, 0) is 48.7 Å². The molecule has 0 aliphatic rings. The fraction of sp³-hybridized carbons (Fsp3) is 0.111. The molecule has 0 spiro atoms. The summed E-state index contributed by atoms with van der Waals surface area (Å²) >= 11 is 11.1. The minimum absolute atomic E-state index is 0.236. The summed E-state index contributed by atoms with van der Waals surface area (Å²) in [5.74, 6) is 0.453. The predicted octanol–water partition coefficient (Wildman–Crippen LogP) is 5.31. The van der Waals surface area contributed by atoms with Crippen molar-refractivity contribution >= 4 is 50.9 Å². The first-order valence-corrected chi connectivity index (χ1v) is 10.0. The fourth-order valence-electron chi connectivity index (χ4n) is 2.17. The Morgan fingerprint density at radius 1 is 1.31 bits per heavy atom. The second-order valence-corrected chi connectivity index (χ2v) is 7.50. The molecule has 0 saturated heterocycles.